The minimum atomic E-state index is -3.06. The molecule has 290 valence electrons. The van der Waals surface area contributed by atoms with Crippen LogP contribution in [0.4, 0.5) is 14.5 Å². The topological polar surface area (TPSA) is 108 Å². The van der Waals surface area contributed by atoms with Gasteiger partial charge in [-0.25, -0.2) is 9.59 Å². The number of carbonyl (C=O) groups excluding carboxylic acids is 2. The second-order valence-electron chi connectivity index (χ2n) is 14.0. The predicted molar refractivity (Wildman–Crippen MR) is 202 cm³/mol. The lowest BCUT2D eigenvalue weighted by Gasteiger charge is -2.44. The van der Waals surface area contributed by atoms with E-state index in [2.05, 4.69) is 15.2 Å². The number of ether oxygens (including phenoxy) is 5. The largest absolute Gasteiger partial charge is 0.496 e. The van der Waals surface area contributed by atoms with Gasteiger partial charge in [-0.05, 0) is 104 Å². The van der Waals surface area contributed by atoms with Crippen LogP contribution < -0.4 is 19.5 Å². The number of alkyl halides is 2. The smallest absolute Gasteiger partial charge is 0.387 e. The molecule has 3 aromatic carbocycles. The molecule has 3 saturated heterocycles. The Balaban J connectivity index is 1.12. The van der Waals surface area contributed by atoms with Gasteiger partial charge in [0, 0.05) is 36.6 Å². The second kappa shape index (κ2) is 17.4. The highest BCUT2D eigenvalue weighted by molar-refractivity contribution is 6.35. The quantitative estimate of drug-likeness (QED) is 0.111. The first kappa shape index (κ1) is 38.6. The summed E-state index contributed by atoms with van der Waals surface area (Å²) in [7, 11) is 1.55. The van der Waals surface area contributed by atoms with Gasteiger partial charge in [0.25, 0.3) is 0 Å². The number of rotatable bonds is 16. The summed E-state index contributed by atoms with van der Waals surface area (Å²) in [6.45, 7) is 0.0357. The molecule has 1 N–H and O–H groups in total. The lowest BCUT2D eigenvalue weighted by molar-refractivity contribution is -0.160. The molecule has 55 heavy (non-hydrogen) atoms. The van der Waals surface area contributed by atoms with E-state index < -0.39 is 30.7 Å². The van der Waals surface area contributed by atoms with E-state index in [4.69, 9.17) is 46.9 Å². The van der Waals surface area contributed by atoms with Gasteiger partial charge in [0.1, 0.15) is 18.0 Å². The number of hydrogen-bond donors (Lipinski definition) is 1. The molecule has 2 bridgehead atoms. The van der Waals surface area contributed by atoms with Crippen LogP contribution in [0, 0.1) is 11.8 Å². The normalized spacial score (nSPS) is 20.0. The van der Waals surface area contributed by atoms with Crippen molar-refractivity contribution in [2.75, 3.05) is 38.7 Å². The minimum absolute atomic E-state index is 0.0466. The fourth-order valence-electron chi connectivity index (χ4n) is 7.07. The van der Waals surface area contributed by atoms with Gasteiger partial charge in [0.15, 0.2) is 17.5 Å². The molecule has 4 aliphatic rings. The van der Waals surface area contributed by atoms with Crippen LogP contribution in [0.1, 0.15) is 64.9 Å². The van der Waals surface area contributed by atoms with Crippen molar-refractivity contribution in [2.24, 2.45) is 11.8 Å². The molecule has 1 aliphatic carbocycles. The molecular formula is C41H41Cl2F2N3O7. The van der Waals surface area contributed by atoms with Gasteiger partial charge in [0.05, 0.1) is 29.3 Å². The molecule has 1 saturated carbocycles. The summed E-state index contributed by atoms with van der Waals surface area (Å²) >= 11 is 12.9. The third-order valence-electron chi connectivity index (χ3n) is 10.3. The van der Waals surface area contributed by atoms with Crippen LogP contribution >= 0.6 is 23.2 Å². The maximum absolute atomic E-state index is 13.9. The first-order valence-electron chi connectivity index (χ1n) is 18.3. The highest BCUT2D eigenvalue weighted by Crippen LogP contribution is 2.39. The molecule has 3 aliphatic heterocycles. The van der Waals surface area contributed by atoms with Crippen molar-refractivity contribution in [3.63, 3.8) is 0 Å². The van der Waals surface area contributed by atoms with E-state index in [9.17, 15) is 18.4 Å². The summed E-state index contributed by atoms with van der Waals surface area (Å²) in [5.74, 6) is 0.0719. The molecule has 1 unspecified atom stereocenters. The van der Waals surface area contributed by atoms with E-state index in [1.54, 1.807) is 37.4 Å². The van der Waals surface area contributed by atoms with E-state index in [1.165, 1.54) is 30.6 Å². The Morgan fingerprint density at radius 1 is 0.927 bits per heavy atom. The Labute approximate surface area is 328 Å². The van der Waals surface area contributed by atoms with Crippen LogP contribution in [0.3, 0.4) is 0 Å². The number of anilines is 1. The van der Waals surface area contributed by atoms with Crippen LogP contribution in [-0.2, 0) is 20.7 Å². The van der Waals surface area contributed by atoms with Crippen molar-refractivity contribution in [3.05, 3.63) is 111 Å². The predicted octanol–water partition coefficient (Wildman–Crippen LogP) is 8.72. The van der Waals surface area contributed by atoms with Gasteiger partial charge in [-0.3, -0.25) is 9.88 Å². The Morgan fingerprint density at radius 2 is 1.65 bits per heavy atom. The maximum atomic E-state index is 13.9. The zero-order valence-corrected chi connectivity index (χ0v) is 31.6. The number of aromatic nitrogens is 1. The molecule has 14 heteroatoms. The lowest BCUT2D eigenvalue weighted by Crippen LogP contribution is -2.52. The average molecular weight is 797 g/mol. The van der Waals surface area contributed by atoms with Gasteiger partial charge in [-0.2, -0.15) is 8.78 Å². The summed E-state index contributed by atoms with van der Waals surface area (Å²) in [6.07, 6.45) is 5.73. The summed E-state index contributed by atoms with van der Waals surface area (Å²) in [5.41, 5.74) is 2.31. The maximum Gasteiger partial charge on any atom is 0.387 e. The number of methoxy groups -OCH3 is 1. The van der Waals surface area contributed by atoms with Crippen molar-refractivity contribution < 1.29 is 42.1 Å². The number of benzene rings is 3. The molecule has 0 amide bonds. The van der Waals surface area contributed by atoms with Gasteiger partial charge >= 0.3 is 18.6 Å². The van der Waals surface area contributed by atoms with Crippen molar-refractivity contribution >= 4 is 40.8 Å². The van der Waals surface area contributed by atoms with E-state index in [0.717, 1.165) is 45.3 Å². The SMILES string of the molecule is COc1ccccc1C(Nc1ccc(C(=O)O[C@@H](Cc2c(Cl)cncc2Cl)c2ccc(OC(F)F)c(OCC3CC3)c2)cc1)C(=O)O[C@H]1CN2CCC1CC2. The van der Waals surface area contributed by atoms with E-state index in [1.807, 2.05) is 18.2 Å². The first-order chi connectivity index (χ1) is 26.6. The Kier molecular flexibility index (Phi) is 12.2. The van der Waals surface area contributed by atoms with Crippen LogP contribution in [-0.4, -0.2) is 67.9 Å². The van der Waals surface area contributed by atoms with Gasteiger partial charge in [0.2, 0.25) is 0 Å². The molecule has 0 radical (unpaired) electrons. The van der Waals surface area contributed by atoms with Crippen LogP contribution in [0.5, 0.6) is 17.2 Å². The number of esters is 2. The molecule has 1 aromatic heterocycles. The minimum Gasteiger partial charge on any atom is -0.496 e. The molecule has 8 rings (SSSR count). The third kappa shape index (κ3) is 9.60. The van der Waals surface area contributed by atoms with Gasteiger partial charge in [-0.15, -0.1) is 0 Å². The van der Waals surface area contributed by atoms with Crippen LogP contribution in [0.15, 0.2) is 79.1 Å². The number of carbonyl (C=O) groups is 2. The molecule has 10 nitrogen and oxygen atoms in total. The zero-order chi connectivity index (χ0) is 38.5. The van der Waals surface area contributed by atoms with E-state index in [0.29, 0.717) is 46.6 Å². The van der Waals surface area contributed by atoms with Crippen molar-refractivity contribution in [1.29, 1.82) is 0 Å². The highest BCUT2D eigenvalue weighted by atomic mass is 35.5. The van der Waals surface area contributed by atoms with E-state index >= 15 is 0 Å². The summed E-state index contributed by atoms with van der Waals surface area (Å²) < 4.78 is 55.0. The Hall–Kier alpha value is -4.65. The average Bonchev–Trinajstić information content (AvgIpc) is 4.03. The standard InChI is InChI=1S/C41H41Cl2F2N3O7/c1-51-33-5-3-2-4-29(33)38(40(50)54-37-22-48-16-14-25(37)15-17-48)47-28-11-8-26(9-12-28)39(49)53-35(19-30-31(42)20-46-21-32(30)43)27-10-13-34(55-41(44)45)36(18-27)52-23-24-6-7-24/h2-5,8-13,18,20-21,24-25,35,37-38,41,47H,6-7,14-17,19,22-23H2,1H3/t35-,37-,38?/m0/s1. The summed E-state index contributed by atoms with van der Waals surface area (Å²) in [4.78, 5) is 34.0. The third-order valence-corrected chi connectivity index (χ3v) is 11.0. The number of hydrogen-bond acceptors (Lipinski definition) is 10. The van der Waals surface area contributed by atoms with Gasteiger partial charge < -0.3 is 29.0 Å². The molecule has 4 heterocycles. The second-order valence-corrected chi connectivity index (χ2v) is 14.8. The number of piperidine rings is 3. The number of pyridine rings is 1. The van der Waals surface area contributed by atoms with E-state index in [-0.39, 0.29) is 39.6 Å². The number of fused-ring (bicyclic) bond motifs is 3. The van der Waals surface area contributed by atoms with Crippen molar-refractivity contribution in [1.82, 2.24) is 9.88 Å². The number of nitrogens with one attached hydrogen (secondary N) is 1. The molecular weight excluding hydrogens is 755 g/mol. The summed E-state index contributed by atoms with van der Waals surface area (Å²) in [5, 5.41) is 3.83. The molecule has 4 fully saturated rings. The van der Waals surface area contributed by atoms with Crippen molar-refractivity contribution in [3.8, 4) is 17.2 Å². The number of para-hydroxylation sites is 1. The highest BCUT2D eigenvalue weighted by Gasteiger charge is 2.38. The molecule has 3 atom stereocenters. The summed E-state index contributed by atoms with van der Waals surface area (Å²) in [6, 6.07) is 17.3. The fourth-order valence-corrected chi connectivity index (χ4v) is 7.58. The van der Waals surface area contributed by atoms with Gasteiger partial charge in [-0.1, -0.05) is 47.5 Å². The first-order valence-corrected chi connectivity index (χ1v) is 19.0. The molecule has 0 spiro atoms. The number of halogens is 4. The number of nitrogens with zero attached hydrogens (tertiary/aromatic N) is 2. The monoisotopic (exact) mass is 795 g/mol. The van der Waals surface area contributed by atoms with Crippen LogP contribution in [0.25, 0.3) is 0 Å². The Bertz CT molecular complexity index is 1960. The zero-order valence-electron chi connectivity index (χ0n) is 30.1. The Morgan fingerprint density at radius 3 is 2.31 bits per heavy atom. The lowest BCUT2D eigenvalue weighted by atomic mass is 9.86. The fraction of sp³-hybridized carbons (Fsp3) is 0.390. The van der Waals surface area contributed by atoms with Crippen LogP contribution in [0.2, 0.25) is 10.0 Å². The molecule has 4 aromatic rings. The van der Waals surface area contributed by atoms with Crippen molar-refractivity contribution in [2.45, 2.75) is 57.0 Å².